The molecular weight excluding hydrogens is 714 g/mol. The van der Waals surface area contributed by atoms with Crippen molar-refractivity contribution in [3.63, 3.8) is 0 Å². The lowest BCUT2D eigenvalue weighted by Crippen LogP contribution is -2.41. The Morgan fingerprint density at radius 1 is 0.971 bits per heavy atom. The maximum atomic E-state index is 13.4. The predicted molar refractivity (Wildman–Crippen MR) is 158 cm³/mol. The molecule has 0 fully saturated rings. The van der Waals surface area contributed by atoms with Gasteiger partial charge < -0.3 is 14.2 Å². The van der Waals surface area contributed by atoms with Crippen molar-refractivity contribution >= 4 is 85.8 Å². The van der Waals surface area contributed by atoms with Gasteiger partial charge in [0.05, 0.1) is 11.3 Å². The molecule has 2 aromatic carbocycles. The smallest absolute Gasteiger partial charge is 0.282 e. The van der Waals surface area contributed by atoms with Crippen LogP contribution in [0, 0.1) is 0 Å². The zero-order chi connectivity index (χ0) is 23.6. The molecule has 2 atom stereocenters. The molecule has 4 nitrogen and oxygen atoms in total. The van der Waals surface area contributed by atoms with Gasteiger partial charge in [0, 0.05) is 21.0 Å². The van der Waals surface area contributed by atoms with Gasteiger partial charge in [0.25, 0.3) is 5.79 Å². The van der Waals surface area contributed by atoms with E-state index in [-0.39, 0.29) is 5.78 Å². The van der Waals surface area contributed by atoms with Crippen molar-refractivity contribution in [2.75, 3.05) is 5.75 Å². The molecule has 0 saturated heterocycles. The summed E-state index contributed by atoms with van der Waals surface area (Å²) >= 11 is 9.45. The minimum absolute atomic E-state index is 0.0892. The van der Waals surface area contributed by atoms with Gasteiger partial charge in [-0.1, -0.05) is 30.0 Å². The van der Waals surface area contributed by atoms with Gasteiger partial charge in [0.2, 0.25) is 2.94 Å². The molecule has 9 heteroatoms. The Balaban J connectivity index is 1.32. The molecule has 5 rings (SSSR count). The van der Waals surface area contributed by atoms with Gasteiger partial charge in [0.15, 0.2) is 10.8 Å². The second kappa shape index (κ2) is 10.5. The maximum Gasteiger partial charge on any atom is 0.282 e. The minimum atomic E-state index is -0.861. The van der Waals surface area contributed by atoms with Crippen LogP contribution in [0.2, 0.25) is 0 Å². The number of benzene rings is 2. The number of thiophene rings is 1. The van der Waals surface area contributed by atoms with Crippen LogP contribution in [0.25, 0.3) is 0 Å². The molecule has 1 aromatic heterocycles. The molecule has 0 saturated carbocycles. The Hall–Kier alpha value is -1.15. The lowest BCUT2D eigenvalue weighted by Gasteiger charge is -2.28. The fourth-order valence-corrected chi connectivity index (χ4v) is 9.39. The third-order valence-corrected chi connectivity index (χ3v) is 10.0. The van der Waals surface area contributed by atoms with Crippen LogP contribution < -0.4 is 14.2 Å². The molecule has 0 spiro atoms. The van der Waals surface area contributed by atoms with E-state index in [1.165, 1.54) is 14.2 Å². The summed E-state index contributed by atoms with van der Waals surface area (Å²) in [5.74, 6) is 0.930. The summed E-state index contributed by atoms with van der Waals surface area (Å²) in [5.41, 5.74) is 1.12. The summed E-state index contributed by atoms with van der Waals surface area (Å²) in [5, 5.41) is 4.76. The summed E-state index contributed by atoms with van der Waals surface area (Å²) in [4.78, 5) is 13.4. The summed E-state index contributed by atoms with van der Waals surface area (Å²) < 4.78 is 19.5. The minimum Gasteiger partial charge on any atom is -0.466 e. The van der Waals surface area contributed by atoms with Crippen LogP contribution in [0.3, 0.4) is 0 Å². The summed E-state index contributed by atoms with van der Waals surface area (Å²) in [6.45, 7) is 0. The Labute approximate surface area is 237 Å². The van der Waals surface area contributed by atoms with E-state index in [1.54, 1.807) is 35.7 Å². The van der Waals surface area contributed by atoms with Gasteiger partial charge in [-0.3, -0.25) is 4.79 Å². The Bertz CT molecular complexity index is 1240. The molecule has 0 radical (unpaired) electrons. The first-order valence-electron chi connectivity index (χ1n) is 10.3. The molecule has 0 bridgehead atoms. The highest BCUT2D eigenvalue weighted by Crippen LogP contribution is 2.50. The third-order valence-electron chi connectivity index (χ3n) is 5.03. The average molecular weight is 732 g/mol. The van der Waals surface area contributed by atoms with Crippen LogP contribution in [-0.4, -0.2) is 20.3 Å². The number of thioether (sulfide) groups is 2. The lowest BCUT2D eigenvalue weighted by molar-refractivity contribution is -0.0452. The fraction of sp³-hybridized carbons (Fsp3) is 0.160. The van der Waals surface area contributed by atoms with E-state index in [1.807, 2.05) is 65.4 Å². The number of hydrogen-bond acceptors (Lipinski definition) is 7. The van der Waals surface area contributed by atoms with Crippen molar-refractivity contribution in [3.8, 4) is 16.6 Å². The topological polar surface area (TPSA) is 44.8 Å². The second-order valence-electron chi connectivity index (χ2n) is 7.49. The molecule has 0 N–H and O–H groups in total. The number of carbonyl (C=O) groups excluding carboxylic acids is 1. The SMILES string of the molecule is O=C(c1ccc(OC2(Oc3cccs3)C=CSC2)cc1)c1ccccc1OC1(I)CC=C(I)S1. The van der Waals surface area contributed by atoms with Crippen LogP contribution in [0.15, 0.2) is 86.5 Å². The van der Waals surface area contributed by atoms with Crippen molar-refractivity contribution < 1.29 is 19.0 Å². The Morgan fingerprint density at radius 2 is 1.79 bits per heavy atom. The van der Waals surface area contributed by atoms with Crippen LogP contribution in [0.4, 0.5) is 0 Å². The molecule has 2 unspecified atom stereocenters. The first kappa shape index (κ1) is 24.5. The van der Waals surface area contributed by atoms with E-state index >= 15 is 0 Å². The van der Waals surface area contributed by atoms with Crippen LogP contribution in [-0.2, 0) is 0 Å². The van der Waals surface area contributed by atoms with Gasteiger partial charge in [-0.2, -0.15) is 0 Å². The monoisotopic (exact) mass is 732 g/mol. The third kappa shape index (κ3) is 5.63. The Kier molecular flexibility index (Phi) is 7.54. The first-order chi connectivity index (χ1) is 16.4. The molecule has 34 heavy (non-hydrogen) atoms. The molecule has 0 aliphatic carbocycles. The van der Waals surface area contributed by atoms with Crippen molar-refractivity contribution in [1.29, 1.82) is 0 Å². The van der Waals surface area contributed by atoms with Crippen LogP contribution >= 0.6 is 80.0 Å². The maximum absolute atomic E-state index is 13.4. The van der Waals surface area contributed by atoms with Crippen molar-refractivity contribution in [3.05, 3.63) is 97.6 Å². The molecule has 3 heterocycles. The molecule has 2 aliphatic rings. The molecule has 3 aromatic rings. The number of rotatable bonds is 8. The summed E-state index contributed by atoms with van der Waals surface area (Å²) in [6, 6.07) is 18.5. The number of alkyl halides is 1. The highest BCUT2D eigenvalue weighted by Gasteiger charge is 2.37. The number of halogens is 2. The standard InChI is InChI=1S/C25H18I2O4S3/c26-21-11-12-25(27,34-21)30-20-5-2-1-4-19(20)23(28)17-7-9-18(10-8-17)29-24(13-15-32-16-24)31-22-6-3-14-33-22/h1-11,13-15H,12,16H2. The largest absolute Gasteiger partial charge is 0.466 e. The normalized spacial score (nSPS) is 23.5. The van der Waals surface area contributed by atoms with Gasteiger partial charge in [-0.15, -0.1) is 23.1 Å². The number of carbonyl (C=O) groups is 1. The zero-order valence-corrected chi connectivity index (χ0v) is 24.4. The predicted octanol–water partition coefficient (Wildman–Crippen LogP) is 8.27. The highest BCUT2D eigenvalue weighted by molar-refractivity contribution is 14.1. The van der Waals surface area contributed by atoms with Gasteiger partial charge >= 0.3 is 0 Å². The number of para-hydroxylation sites is 1. The van der Waals surface area contributed by atoms with E-state index in [0.29, 0.717) is 28.4 Å². The van der Waals surface area contributed by atoms with Gasteiger partial charge in [-0.05, 0) is 105 Å². The highest BCUT2D eigenvalue weighted by atomic mass is 127. The van der Waals surface area contributed by atoms with E-state index in [4.69, 9.17) is 14.2 Å². The van der Waals surface area contributed by atoms with Gasteiger partial charge in [0.1, 0.15) is 11.5 Å². The van der Waals surface area contributed by atoms with E-state index in [9.17, 15) is 4.79 Å². The van der Waals surface area contributed by atoms with Crippen LogP contribution in [0.1, 0.15) is 22.3 Å². The molecule has 174 valence electrons. The molecule has 0 amide bonds. The van der Waals surface area contributed by atoms with Gasteiger partial charge in [-0.25, -0.2) is 0 Å². The van der Waals surface area contributed by atoms with Crippen molar-refractivity contribution in [1.82, 2.24) is 0 Å². The molecular formula is C25H18I2O4S3. The molecule has 2 aliphatic heterocycles. The number of ketones is 1. The lowest BCUT2D eigenvalue weighted by atomic mass is 10.0. The van der Waals surface area contributed by atoms with E-state index in [2.05, 4.69) is 51.3 Å². The van der Waals surface area contributed by atoms with E-state index < -0.39 is 8.73 Å². The number of ether oxygens (including phenoxy) is 3. The van der Waals surface area contributed by atoms with Crippen molar-refractivity contribution in [2.45, 2.75) is 15.1 Å². The fourth-order valence-electron chi connectivity index (χ4n) is 3.43. The second-order valence-corrected chi connectivity index (χ2v) is 15.0. The van der Waals surface area contributed by atoms with Crippen LogP contribution in [0.5, 0.6) is 16.6 Å². The average Bonchev–Trinajstić information content (AvgIpc) is 3.57. The quantitative estimate of drug-likeness (QED) is 0.101. The summed E-state index contributed by atoms with van der Waals surface area (Å²) in [6.07, 6.45) is 4.86. The number of hydrogen-bond donors (Lipinski definition) is 0. The summed E-state index contributed by atoms with van der Waals surface area (Å²) in [7, 11) is 0. The first-order valence-corrected chi connectivity index (χ1v) is 15.2. The van der Waals surface area contributed by atoms with E-state index in [0.717, 1.165) is 11.5 Å². The van der Waals surface area contributed by atoms with Crippen molar-refractivity contribution in [2.24, 2.45) is 0 Å². The zero-order valence-electron chi connectivity index (χ0n) is 17.6. The Morgan fingerprint density at radius 3 is 2.47 bits per heavy atom.